The SMILES string of the molecule is CCOc1cc(CNc2nnnn2CC)c(Br)cc1OCc1ccccc1Cl. The fourth-order valence-electron chi connectivity index (χ4n) is 2.58. The standard InChI is InChI=1S/C19H21BrClN5O2/c1-3-26-19(23-24-25-26)22-11-14-9-17(27-4-2)18(10-15(14)20)28-12-13-7-5-6-8-16(13)21/h5-10H,3-4,11-12H2,1-2H3,(H,22,23,25). The van der Waals surface area contributed by atoms with E-state index in [9.17, 15) is 0 Å². The minimum absolute atomic E-state index is 0.356. The third-order valence-corrected chi connectivity index (χ3v) is 5.13. The van der Waals surface area contributed by atoms with Crippen molar-refractivity contribution in [3.05, 3.63) is 57.0 Å². The zero-order valence-electron chi connectivity index (χ0n) is 15.7. The Bertz CT molecular complexity index is 934. The Kier molecular flexibility index (Phi) is 7.11. The number of anilines is 1. The van der Waals surface area contributed by atoms with E-state index in [0.29, 0.717) is 48.8 Å². The summed E-state index contributed by atoms with van der Waals surface area (Å²) in [7, 11) is 0. The van der Waals surface area contributed by atoms with Crippen molar-refractivity contribution in [2.45, 2.75) is 33.5 Å². The van der Waals surface area contributed by atoms with Gasteiger partial charge in [-0.3, -0.25) is 0 Å². The van der Waals surface area contributed by atoms with Crippen molar-refractivity contribution in [1.29, 1.82) is 0 Å². The van der Waals surface area contributed by atoms with Gasteiger partial charge in [0.25, 0.3) is 0 Å². The summed E-state index contributed by atoms with van der Waals surface area (Å²) in [6.07, 6.45) is 0. The molecular formula is C19H21BrClN5O2. The molecule has 2 aromatic carbocycles. The molecule has 0 spiro atoms. The molecule has 0 aliphatic carbocycles. The van der Waals surface area contributed by atoms with Gasteiger partial charge in [-0.25, -0.2) is 4.68 Å². The van der Waals surface area contributed by atoms with Crippen LogP contribution in [0.1, 0.15) is 25.0 Å². The topological polar surface area (TPSA) is 74.1 Å². The first kappa shape index (κ1) is 20.4. The van der Waals surface area contributed by atoms with Crippen LogP contribution in [0.15, 0.2) is 40.9 Å². The van der Waals surface area contributed by atoms with Gasteiger partial charge in [-0.2, -0.15) is 0 Å². The summed E-state index contributed by atoms with van der Waals surface area (Å²) in [5.41, 5.74) is 1.92. The number of halogens is 2. The van der Waals surface area contributed by atoms with E-state index >= 15 is 0 Å². The summed E-state index contributed by atoms with van der Waals surface area (Å²) in [5.74, 6) is 1.94. The Morgan fingerprint density at radius 1 is 1.11 bits per heavy atom. The molecule has 1 heterocycles. The fourth-order valence-corrected chi connectivity index (χ4v) is 3.24. The van der Waals surface area contributed by atoms with E-state index < -0.39 is 0 Å². The van der Waals surface area contributed by atoms with E-state index in [-0.39, 0.29) is 0 Å². The number of ether oxygens (including phenoxy) is 2. The van der Waals surface area contributed by atoms with Crippen molar-refractivity contribution in [3.8, 4) is 11.5 Å². The molecular weight excluding hydrogens is 446 g/mol. The molecule has 9 heteroatoms. The molecule has 0 fully saturated rings. The predicted octanol–water partition coefficient (Wildman–Crippen LogP) is 4.70. The van der Waals surface area contributed by atoms with Gasteiger partial charge in [-0.1, -0.05) is 50.8 Å². The Hall–Kier alpha value is -2.32. The molecule has 0 radical (unpaired) electrons. The zero-order chi connectivity index (χ0) is 19.9. The third-order valence-electron chi connectivity index (χ3n) is 4.02. The van der Waals surface area contributed by atoms with Gasteiger partial charge in [0.05, 0.1) is 6.61 Å². The summed E-state index contributed by atoms with van der Waals surface area (Å²) in [6, 6.07) is 11.5. The maximum Gasteiger partial charge on any atom is 0.243 e. The smallest absolute Gasteiger partial charge is 0.243 e. The summed E-state index contributed by atoms with van der Waals surface area (Å²) in [6.45, 7) is 6.03. The van der Waals surface area contributed by atoms with Crippen molar-refractivity contribution in [3.63, 3.8) is 0 Å². The molecule has 0 amide bonds. The van der Waals surface area contributed by atoms with Gasteiger partial charge < -0.3 is 14.8 Å². The lowest BCUT2D eigenvalue weighted by Gasteiger charge is -2.16. The second kappa shape index (κ2) is 9.75. The first-order valence-electron chi connectivity index (χ1n) is 8.93. The van der Waals surface area contributed by atoms with Crippen molar-refractivity contribution in [2.24, 2.45) is 0 Å². The lowest BCUT2D eigenvalue weighted by molar-refractivity contribution is 0.269. The summed E-state index contributed by atoms with van der Waals surface area (Å²) in [5, 5.41) is 15.5. The van der Waals surface area contributed by atoms with Gasteiger partial charge in [-0.05, 0) is 48.0 Å². The number of hydrogen-bond acceptors (Lipinski definition) is 6. The molecule has 7 nitrogen and oxygen atoms in total. The molecule has 1 N–H and O–H groups in total. The van der Waals surface area contributed by atoms with E-state index in [2.05, 4.69) is 36.8 Å². The molecule has 0 aliphatic heterocycles. The van der Waals surface area contributed by atoms with Crippen molar-refractivity contribution >= 4 is 33.5 Å². The second-order valence-electron chi connectivity index (χ2n) is 5.88. The number of rotatable bonds is 9. The monoisotopic (exact) mass is 465 g/mol. The van der Waals surface area contributed by atoms with Crippen LogP contribution in [0, 0.1) is 0 Å². The fraction of sp³-hybridized carbons (Fsp3) is 0.316. The van der Waals surface area contributed by atoms with Crippen LogP contribution in [0.5, 0.6) is 11.5 Å². The van der Waals surface area contributed by atoms with Crippen molar-refractivity contribution in [2.75, 3.05) is 11.9 Å². The highest BCUT2D eigenvalue weighted by Gasteiger charge is 2.13. The lowest BCUT2D eigenvalue weighted by Crippen LogP contribution is -2.09. The molecule has 0 unspecified atom stereocenters. The Morgan fingerprint density at radius 2 is 1.89 bits per heavy atom. The zero-order valence-corrected chi connectivity index (χ0v) is 18.0. The third kappa shape index (κ3) is 4.94. The van der Waals surface area contributed by atoms with Crippen LogP contribution in [-0.2, 0) is 19.7 Å². The van der Waals surface area contributed by atoms with Crippen LogP contribution in [-0.4, -0.2) is 26.8 Å². The first-order chi connectivity index (χ1) is 13.6. The van der Waals surface area contributed by atoms with Gasteiger partial charge in [-0.15, -0.1) is 0 Å². The van der Waals surface area contributed by atoms with E-state index in [1.807, 2.05) is 50.2 Å². The number of hydrogen-bond donors (Lipinski definition) is 1. The summed E-state index contributed by atoms with van der Waals surface area (Å²) >= 11 is 9.83. The molecule has 3 aromatic rings. The second-order valence-corrected chi connectivity index (χ2v) is 7.14. The summed E-state index contributed by atoms with van der Waals surface area (Å²) < 4.78 is 14.4. The average Bonchev–Trinajstić information content (AvgIpc) is 3.15. The van der Waals surface area contributed by atoms with Crippen molar-refractivity contribution < 1.29 is 9.47 Å². The number of tetrazole rings is 1. The molecule has 0 saturated carbocycles. The lowest BCUT2D eigenvalue weighted by atomic mass is 10.2. The minimum Gasteiger partial charge on any atom is -0.490 e. The van der Waals surface area contributed by atoms with E-state index in [1.165, 1.54) is 0 Å². The maximum absolute atomic E-state index is 6.22. The van der Waals surface area contributed by atoms with Crippen LogP contribution in [0.25, 0.3) is 0 Å². The molecule has 0 bridgehead atoms. The van der Waals surface area contributed by atoms with Gasteiger partial charge in [0, 0.05) is 28.1 Å². The van der Waals surface area contributed by atoms with Gasteiger partial charge >= 0.3 is 0 Å². The van der Waals surface area contributed by atoms with E-state index in [4.69, 9.17) is 21.1 Å². The van der Waals surface area contributed by atoms with Crippen LogP contribution >= 0.6 is 27.5 Å². The Morgan fingerprint density at radius 3 is 2.64 bits per heavy atom. The van der Waals surface area contributed by atoms with Crippen LogP contribution in [0.4, 0.5) is 5.95 Å². The molecule has 0 aliphatic rings. The van der Waals surface area contributed by atoms with Gasteiger partial charge in [0.15, 0.2) is 11.5 Å². The molecule has 3 rings (SSSR count). The maximum atomic E-state index is 6.22. The molecule has 28 heavy (non-hydrogen) atoms. The molecule has 1 aromatic heterocycles. The molecule has 148 valence electrons. The van der Waals surface area contributed by atoms with Crippen LogP contribution in [0.2, 0.25) is 5.02 Å². The van der Waals surface area contributed by atoms with E-state index in [1.54, 1.807) is 4.68 Å². The number of nitrogens with zero attached hydrogens (tertiary/aromatic N) is 4. The highest BCUT2D eigenvalue weighted by Crippen LogP contribution is 2.35. The number of nitrogens with one attached hydrogen (secondary N) is 1. The van der Waals surface area contributed by atoms with Gasteiger partial charge in [0.1, 0.15) is 6.61 Å². The first-order valence-corrected chi connectivity index (χ1v) is 10.1. The van der Waals surface area contributed by atoms with E-state index in [0.717, 1.165) is 15.6 Å². The number of benzene rings is 2. The van der Waals surface area contributed by atoms with Crippen molar-refractivity contribution in [1.82, 2.24) is 20.2 Å². The van der Waals surface area contributed by atoms with Crippen LogP contribution < -0.4 is 14.8 Å². The normalized spacial score (nSPS) is 10.7. The molecule has 0 saturated heterocycles. The highest BCUT2D eigenvalue weighted by atomic mass is 79.9. The highest BCUT2D eigenvalue weighted by molar-refractivity contribution is 9.10. The van der Waals surface area contributed by atoms with Gasteiger partial charge in [0.2, 0.25) is 5.95 Å². The number of aromatic nitrogens is 4. The molecule has 0 atom stereocenters. The summed E-state index contributed by atoms with van der Waals surface area (Å²) in [4.78, 5) is 0. The van der Waals surface area contributed by atoms with Crippen LogP contribution in [0.3, 0.4) is 0 Å². The average molecular weight is 467 g/mol. The predicted molar refractivity (Wildman–Crippen MR) is 112 cm³/mol. The quantitative estimate of drug-likeness (QED) is 0.493. The minimum atomic E-state index is 0.356. The largest absolute Gasteiger partial charge is 0.490 e. The Labute approximate surface area is 177 Å². The number of aryl methyl sites for hydroxylation is 1. The Balaban J connectivity index is 1.76.